The van der Waals surface area contributed by atoms with Crippen molar-refractivity contribution >= 4 is 42.7 Å². The van der Waals surface area contributed by atoms with Gasteiger partial charge in [0.2, 0.25) is 20.0 Å². The number of sulfonamides is 2. The van der Waals surface area contributed by atoms with E-state index in [1.165, 1.54) is 4.31 Å². The van der Waals surface area contributed by atoms with Gasteiger partial charge < -0.3 is 0 Å². The van der Waals surface area contributed by atoms with Crippen molar-refractivity contribution in [3.05, 3.63) is 69.3 Å². The molecule has 4 aromatic rings. The van der Waals surface area contributed by atoms with Gasteiger partial charge in [-0.15, -0.1) is 22.7 Å². The lowest BCUT2D eigenvalue weighted by atomic mass is 9.88. The monoisotopic (exact) mass is 688 g/mol. The average molecular weight is 689 g/mol. The van der Waals surface area contributed by atoms with E-state index < -0.39 is 20.0 Å². The summed E-state index contributed by atoms with van der Waals surface area (Å²) in [4.78, 5) is 10.1. The second-order valence-electron chi connectivity index (χ2n) is 11.9. The second-order valence-corrected chi connectivity index (χ2v) is 17.5. The summed E-state index contributed by atoms with van der Waals surface area (Å²) in [6, 6.07) is 13.9. The minimum Gasteiger partial charge on any atom is -0.241 e. The SMILES string of the molecule is CCN(CC)S(=O)(=O)c1ccc(-c2csc(C(C)(C)CCCN(CC)S(=O)(=O)c3ccc(-c4csc(C(C)C)n4)cc3)n2)cc1. The summed E-state index contributed by atoms with van der Waals surface area (Å²) in [5.74, 6) is 0.354. The molecule has 0 radical (unpaired) electrons. The van der Waals surface area contributed by atoms with Gasteiger partial charge in [0.1, 0.15) is 0 Å². The third-order valence-corrected chi connectivity index (χ3v) is 14.3. The largest absolute Gasteiger partial charge is 0.243 e. The van der Waals surface area contributed by atoms with Crippen LogP contribution in [-0.2, 0) is 25.5 Å². The quantitative estimate of drug-likeness (QED) is 0.126. The summed E-state index contributed by atoms with van der Waals surface area (Å²) in [7, 11) is -7.15. The van der Waals surface area contributed by atoms with Crippen LogP contribution in [-0.4, -0.2) is 61.6 Å². The van der Waals surface area contributed by atoms with E-state index in [1.54, 1.807) is 63.4 Å². The van der Waals surface area contributed by atoms with E-state index in [-0.39, 0.29) is 15.2 Å². The maximum absolute atomic E-state index is 13.5. The average Bonchev–Trinajstić information content (AvgIpc) is 3.72. The van der Waals surface area contributed by atoms with Crippen LogP contribution in [0.2, 0.25) is 0 Å². The number of benzene rings is 2. The molecule has 0 spiro atoms. The fourth-order valence-corrected chi connectivity index (χ4v) is 9.89. The first-order valence-electron chi connectivity index (χ1n) is 15.4. The highest BCUT2D eigenvalue weighted by atomic mass is 32.2. The summed E-state index contributed by atoms with van der Waals surface area (Å²) >= 11 is 3.19. The highest BCUT2D eigenvalue weighted by molar-refractivity contribution is 7.89. The van der Waals surface area contributed by atoms with E-state index >= 15 is 0 Å². The molecule has 0 unspecified atom stereocenters. The van der Waals surface area contributed by atoms with Crippen molar-refractivity contribution < 1.29 is 16.8 Å². The molecule has 244 valence electrons. The predicted octanol–water partition coefficient (Wildman–Crippen LogP) is 7.86. The zero-order valence-electron chi connectivity index (χ0n) is 27.1. The van der Waals surface area contributed by atoms with Crippen LogP contribution in [0.3, 0.4) is 0 Å². The summed E-state index contributed by atoms with van der Waals surface area (Å²) in [5.41, 5.74) is 3.17. The Bertz CT molecular complexity index is 1770. The zero-order valence-corrected chi connectivity index (χ0v) is 30.4. The lowest BCUT2D eigenvalue weighted by Crippen LogP contribution is -2.32. The fraction of sp³-hybridized carbons (Fsp3) is 0.455. The van der Waals surface area contributed by atoms with Gasteiger partial charge in [0.05, 0.1) is 31.2 Å². The van der Waals surface area contributed by atoms with Gasteiger partial charge in [-0.2, -0.15) is 8.61 Å². The molecule has 0 aliphatic rings. The van der Waals surface area contributed by atoms with Crippen LogP contribution < -0.4 is 0 Å². The standard InChI is InChI=1S/C33H44N4O4S4/c1-8-36(9-2)44(38,39)27-16-14-26(15-17-27)30-23-43-32(35-30)33(6,7)20-11-21-37(10-3)45(40,41)28-18-12-25(13-19-28)29-22-42-31(34-29)24(4)5/h12-19,22-24H,8-11,20-21H2,1-7H3. The number of hydrogen-bond acceptors (Lipinski definition) is 8. The fourth-order valence-electron chi connectivity index (χ4n) is 5.11. The summed E-state index contributed by atoms with van der Waals surface area (Å²) < 4.78 is 55.7. The first-order chi connectivity index (χ1) is 21.2. The van der Waals surface area contributed by atoms with Crippen molar-refractivity contribution in [1.82, 2.24) is 18.6 Å². The zero-order chi connectivity index (χ0) is 33.0. The van der Waals surface area contributed by atoms with Gasteiger partial charge in [-0.1, -0.05) is 72.7 Å². The third kappa shape index (κ3) is 7.91. The van der Waals surface area contributed by atoms with Crippen LogP contribution in [0.25, 0.3) is 22.5 Å². The van der Waals surface area contributed by atoms with Crippen LogP contribution in [0.1, 0.15) is 77.2 Å². The Morgan fingerprint density at radius 3 is 1.64 bits per heavy atom. The molecule has 0 saturated carbocycles. The van der Waals surface area contributed by atoms with Gasteiger partial charge in [0, 0.05) is 59.4 Å². The second kappa shape index (κ2) is 14.5. The van der Waals surface area contributed by atoms with Crippen LogP contribution in [0, 0.1) is 0 Å². The third-order valence-electron chi connectivity index (χ3n) is 7.94. The Hall–Kier alpha value is -2.48. The Morgan fingerprint density at radius 1 is 0.711 bits per heavy atom. The molecule has 0 N–H and O–H groups in total. The van der Waals surface area contributed by atoms with Gasteiger partial charge >= 0.3 is 0 Å². The van der Waals surface area contributed by atoms with E-state index in [9.17, 15) is 16.8 Å². The molecule has 0 atom stereocenters. The number of nitrogens with zero attached hydrogens (tertiary/aromatic N) is 4. The molecule has 0 aliphatic carbocycles. The van der Waals surface area contributed by atoms with Crippen LogP contribution in [0.5, 0.6) is 0 Å². The Kier molecular flexibility index (Phi) is 11.4. The molecule has 4 rings (SSSR count). The van der Waals surface area contributed by atoms with Gasteiger partial charge in [-0.05, 0) is 37.1 Å². The molecule has 2 aromatic heterocycles. The van der Waals surface area contributed by atoms with Crippen LogP contribution in [0.15, 0.2) is 69.1 Å². The molecule has 2 heterocycles. The smallest absolute Gasteiger partial charge is 0.241 e. The molecule has 0 fully saturated rings. The number of rotatable bonds is 15. The van der Waals surface area contributed by atoms with Crippen molar-refractivity contribution in [2.75, 3.05) is 26.2 Å². The molecule has 0 bridgehead atoms. The predicted molar refractivity (Wildman–Crippen MR) is 186 cm³/mol. The van der Waals surface area contributed by atoms with Crippen LogP contribution in [0.4, 0.5) is 0 Å². The Balaban J connectivity index is 1.39. The normalized spacial score (nSPS) is 12.9. The van der Waals surface area contributed by atoms with Gasteiger partial charge in [-0.3, -0.25) is 0 Å². The Morgan fingerprint density at radius 2 is 1.18 bits per heavy atom. The summed E-state index contributed by atoms with van der Waals surface area (Å²) in [5, 5.41) is 6.03. The van der Waals surface area contributed by atoms with Gasteiger partial charge in [0.15, 0.2) is 0 Å². The molecule has 8 nitrogen and oxygen atoms in total. The van der Waals surface area contributed by atoms with E-state index in [2.05, 4.69) is 32.7 Å². The maximum Gasteiger partial charge on any atom is 0.243 e. The lowest BCUT2D eigenvalue weighted by Gasteiger charge is -2.25. The molecular formula is C33H44N4O4S4. The van der Waals surface area contributed by atoms with Crippen molar-refractivity contribution in [3.63, 3.8) is 0 Å². The summed E-state index contributed by atoms with van der Waals surface area (Å²) in [6.07, 6.45) is 1.44. The molecule has 0 amide bonds. The topological polar surface area (TPSA) is 101 Å². The van der Waals surface area contributed by atoms with E-state index in [1.807, 2.05) is 43.7 Å². The van der Waals surface area contributed by atoms with Crippen LogP contribution >= 0.6 is 22.7 Å². The number of hydrogen-bond donors (Lipinski definition) is 0. The first kappa shape index (κ1) is 35.4. The lowest BCUT2D eigenvalue weighted by molar-refractivity contribution is 0.379. The van der Waals surface area contributed by atoms with Gasteiger partial charge in [-0.25, -0.2) is 26.8 Å². The van der Waals surface area contributed by atoms with Crippen molar-refractivity contribution in [1.29, 1.82) is 0 Å². The van der Waals surface area contributed by atoms with Crippen molar-refractivity contribution in [2.45, 2.75) is 82.4 Å². The minimum absolute atomic E-state index is 0.262. The minimum atomic E-state index is -3.64. The molecule has 0 saturated heterocycles. The van der Waals surface area contributed by atoms with E-state index in [4.69, 9.17) is 4.98 Å². The summed E-state index contributed by atoms with van der Waals surface area (Å²) in [6.45, 7) is 15.6. The first-order valence-corrected chi connectivity index (χ1v) is 20.0. The molecule has 45 heavy (non-hydrogen) atoms. The van der Waals surface area contributed by atoms with Gasteiger partial charge in [0.25, 0.3) is 0 Å². The molecule has 2 aromatic carbocycles. The van der Waals surface area contributed by atoms with E-state index in [0.717, 1.165) is 39.0 Å². The number of thiazole rings is 2. The van der Waals surface area contributed by atoms with E-state index in [0.29, 0.717) is 38.5 Å². The Labute approximate surface area is 277 Å². The maximum atomic E-state index is 13.5. The highest BCUT2D eigenvalue weighted by Crippen LogP contribution is 2.35. The number of aromatic nitrogens is 2. The molecule has 12 heteroatoms. The molecule has 0 aliphatic heterocycles. The van der Waals surface area contributed by atoms with Crippen molar-refractivity contribution in [2.24, 2.45) is 0 Å². The van der Waals surface area contributed by atoms with Crippen molar-refractivity contribution in [3.8, 4) is 22.5 Å². The highest BCUT2D eigenvalue weighted by Gasteiger charge is 2.28. The molecular weight excluding hydrogens is 645 g/mol.